The standard InChI is InChI=1S/C6H3N4O/c1-5(2-11-10-1)6-8-3-7-4-9-6/h2-4H. The summed E-state index contributed by atoms with van der Waals surface area (Å²) in [6.07, 6.45) is 6.82. The highest BCUT2D eigenvalue weighted by atomic mass is 16.5. The number of hydrogen-bond acceptors (Lipinski definition) is 5. The summed E-state index contributed by atoms with van der Waals surface area (Å²) in [5.74, 6) is 0.515. The van der Waals surface area contributed by atoms with Gasteiger partial charge in [-0.25, -0.2) is 15.0 Å². The van der Waals surface area contributed by atoms with Crippen molar-refractivity contribution in [3.63, 3.8) is 0 Å². The molecule has 0 aliphatic rings. The molecule has 0 bridgehead atoms. The molecular formula is C6H3N4O. The van der Waals surface area contributed by atoms with E-state index in [0.29, 0.717) is 11.4 Å². The van der Waals surface area contributed by atoms with Crippen molar-refractivity contribution < 1.29 is 4.52 Å². The van der Waals surface area contributed by atoms with Crippen LogP contribution >= 0.6 is 0 Å². The smallest absolute Gasteiger partial charge is 0.168 e. The quantitative estimate of drug-likeness (QED) is 0.581. The fraction of sp³-hybridized carbons (Fsp3) is 0. The molecule has 0 saturated heterocycles. The summed E-state index contributed by atoms with van der Waals surface area (Å²) in [6, 6.07) is 0. The molecule has 2 aromatic heterocycles. The molecule has 5 heteroatoms. The van der Waals surface area contributed by atoms with Crippen LogP contribution in [0.4, 0.5) is 0 Å². The van der Waals surface area contributed by atoms with Crippen LogP contribution in [0.1, 0.15) is 0 Å². The summed E-state index contributed by atoms with van der Waals surface area (Å²) in [6.45, 7) is 0. The van der Waals surface area contributed by atoms with E-state index >= 15 is 0 Å². The van der Waals surface area contributed by atoms with Gasteiger partial charge in [0.05, 0.1) is 5.56 Å². The zero-order valence-corrected chi connectivity index (χ0v) is 5.43. The molecule has 0 atom stereocenters. The lowest BCUT2D eigenvalue weighted by Crippen LogP contribution is -1.86. The van der Waals surface area contributed by atoms with Crippen molar-refractivity contribution in [1.82, 2.24) is 20.1 Å². The third-order valence-corrected chi connectivity index (χ3v) is 1.12. The van der Waals surface area contributed by atoms with Crippen LogP contribution in [0.2, 0.25) is 0 Å². The van der Waals surface area contributed by atoms with Gasteiger partial charge in [0.15, 0.2) is 5.82 Å². The van der Waals surface area contributed by atoms with Gasteiger partial charge in [0.25, 0.3) is 0 Å². The number of hydrogen-bond donors (Lipinski definition) is 0. The molecule has 0 aliphatic carbocycles. The van der Waals surface area contributed by atoms with Crippen molar-refractivity contribution in [2.24, 2.45) is 0 Å². The molecule has 53 valence electrons. The molecular weight excluding hydrogens is 144 g/mol. The third-order valence-electron chi connectivity index (χ3n) is 1.12. The zero-order chi connectivity index (χ0) is 7.52. The molecule has 0 saturated carbocycles. The second-order valence-corrected chi connectivity index (χ2v) is 1.80. The highest BCUT2D eigenvalue weighted by Gasteiger charge is 2.01. The van der Waals surface area contributed by atoms with E-state index in [1.54, 1.807) is 0 Å². The monoisotopic (exact) mass is 147 g/mol. The molecule has 0 N–H and O–H groups in total. The minimum Gasteiger partial charge on any atom is -0.363 e. The fourth-order valence-corrected chi connectivity index (χ4v) is 0.662. The minimum atomic E-state index is 0.515. The molecule has 11 heavy (non-hydrogen) atoms. The molecule has 0 aromatic carbocycles. The van der Waals surface area contributed by atoms with Gasteiger partial charge < -0.3 is 4.52 Å². The van der Waals surface area contributed by atoms with E-state index in [1.807, 2.05) is 0 Å². The second kappa shape index (κ2) is 2.45. The molecule has 5 nitrogen and oxygen atoms in total. The molecule has 0 spiro atoms. The van der Waals surface area contributed by atoms with Crippen LogP contribution in [0.5, 0.6) is 0 Å². The minimum absolute atomic E-state index is 0.515. The average Bonchev–Trinajstić information content (AvgIpc) is 2.58. The van der Waals surface area contributed by atoms with Gasteiger partial charge in [0, 0.05) is 0 Å². The van der Waals surface area contributed by atoms with Crippen LogP contribution < -0.4 is 0 Å². The van der Waals surface area contributed by atoms with Crippen molar-refractivity contribution in [3.8, 4) is 11.4 Å². The predicted molar refractivity (Wildman–Crippen MR) is 34.2 cm³/mol. The fourth-order valence-electron chi connectivity index (χ4n) is 0.662. The van der Waals surface area contributed by atoms with Crippen molar-refractivity contribution in [1.29, 1.82) is 0 Å². The summed E-state index contributed by atoms with van der Waals surface area (Å²) < 4.78 is 4.56. The molecule has 0 aliphatic heterocycles. The van der Waals surface area contributed by atoms with Crippen LogP contribution in [0.25, 0.3) is 11.4 Å². The van der Waals surface area contributed by atoms with Crippen LogP contribution in [0.3, 0.4) is 0 Å². The summed E-state index contributed by atoms with van der Waals surface area (Å²) >= 11 is 0. The van der Waals surface area contributed by atoms with E-state index in [2.05, 4.69) is 30.8 Å². The molecule has 0 amide bonds. The Labute approximate surface area is 62.1 Å². The lowest BCUT2D eigenvalue weighted by atomic mass is 10.3. The van der Waals surface area contributed by atoms with E-state index in [-0.39, 0.29) is 0 Å². The average molecular weight is 147 g/mol. The molecule has 2 heterocycles. The number of rotatable bonds is 1. The number of aromatic nitrogens is 4. The Kier molecular flexibility index (Phi) is 1.33. The van der Waals surface area contributed by atoms with Gasteiger partial charge in [-0.3, -0.25) is 0 Å². The summed E-state index contributed by atoms with van der Waals surface area (Å²) in [5, 5.41) is 3.40. The van der Waals surface area contributed by atoms with E-state index in [9.17, 15) is 0 Å². The Morgan fingerprint density at radius 2 is 2.09 bits per heavy atom. The SMILES string of the molecule is [c]1nocc1-c1ncncn1. The van der Waals surface area contributed by atoms with Crippen molar-refractivity contribution in [2.45, 2.75) is 0 Å². The predicted octanol–water partition coefficient (Wildman–Crippen LogP) is 0.327. The first-order chi connectivity index (χ1) is 5.47. The van der Waals surface area contributed by atoms with Crippen LogP contribution in [0, 0.1) is 6.20 Å². The van der Waals surface area contributed by atoms with Crippen LogP contribution in [0.15, 0.2) is 23.4 Å². The van der Waals surface area contributed by atoms with Gasteiger partial charge in [-0.05, 0) is 0 Å². The van der Waals surface area contributed by atoms with Gasteiger partial charge in [-0.1, -0.05) is 5.16 Å². The van der Waals surface area contributed by atoms with Crippen molar-refractivity contribution in [2.75, 3.05) is 0 Å². The Bertz CT molecular complexity index is 318. The molecule has 0 fully saturated rings. The number of nitrogens with zero attached hydrogens (tertiary/aromatic N) is 4. The Balaban J connectivity index is 2.46. The van der Waals surface area contributed by atoms with E-state index < -0.39 is 0 Å². The van der Waals surface area contributed by atoms with E-state index in [0.717, 1.165) is 0 Å². The molecule has 0 unspecified atom stereocenters. The lowest BCUT2D eigenvalue weighted by Gasteiger charge is -1.88. The first-order valence-electron chi connectivity index (χ1n) is 2.91. The summed E-state index contributed by atoms with van der Waals surface area (Å²) in [5.41, 5.74) is 0.632. The van der Waals surface area contributed by atoms with Gasteiger partial charge in [-0.15, -0.1) is 0 Å². The first-order valence-corrected chi connectivity index (χ1v) is 2.91. The van der Waals surface area contributed by atoms with Gasteiger partial charge in [0.1, 0.15) is 25.1 Å². The van der Waals surface area contributed by atoms with E-state index in [4.69, 9.17) is 0 Å². The van der Waals surface area contributed by atoms with Gasteiger partial charge in [-0.2, -0.15) is 0 Å². The van der Waals surface area contributed by atoms with Crippen LogP contribution in [-0.4, -0.2) is 20.1 Å². The highest BCUT2D eigenvalue weighted by molar-refractivity contribution is 5.48. The van der Waals surface area contributed by atoms with Gasteiger partial charge in [0.2, 0.25) is 0 Å². The normalized spacial score (nSPS) is 9.82. The lowest BCUT2D eigenvalue weighted by molar-refractivity contribution is 0.418. The van der Waals surface area contributed by atoms with Crippen molar-refractivity contribution in [3.05, 3.63) is 25.1 Å². The highest BCUT2D eigenvalue weighted by Crippen LogP contribution is 2.09. The molecule has 1 radical (unpaired) electrons. The summed E-state index contributed by atoms with van der Waals surface area (Å²) in [4.78, 5) is 11.4. The topological polar surface area (TPSA) is 64.7 Å². The third kappa shape index (κ3) is 1.07. The van der Waals surface area contributed by atoms with Crippen molar-refractivity contribution >= 4 is 0 Å². The maximum absolute atomic E-state index is 4.56. The Morgan fingerprint density at radius 1 is 1.27 bits per heavy atom. The zero-order valence-electron chi connectivity index (χ0n) is 5.43. The largest absolute Gasteiger partial charge is 0.363 e. The van der Waals surface area contributed by atoms with Crippen LogP contribution in [-0.2, 0) is 0 Å². The second-order valence-electron chi connectivity index (χ2n) is 1.80. The maximum atomic E-state index is 4.56. The molecule has 2 rings (SSSR count). The Morgan fingerprint density at radius 3 is 2.73 bits per heavy atom. The summed E-state index contributed by atoms with van der Waals surface area (Å²) in [7, 11) is 0. The first kappa shape index (κ1) is 5.96. The maximum Gasteiger partial charge on any atom is 0.168 e. The van der Waals surface area contributed by atoms with Gasteiger partial charge >= 0.3 is 0 Å². The Hall–Kier alpha value is -1.78. The van der Waals surface area contributed by atoms with E-state index in [1.165, 1.54) is 18.9 Å². The molecule has 2 aromatic rings.